The molecule has 0 saturated heterocycles. The van der Waals surface area contributed by atoms with E-state index in [0.29, 0.717) is 10.2 Å². The molecule has 0 bridgehead atoms. The Labute approximate surface area is 143 Å². The molecule has 0 spiro atoms. The predicted molar refractivity (Wildman–Crippen MR) is 84.4 cm³/mol. The number of methoxy groups -OCH3 is 1. The molecule has 0 fully saturated rings. The predicted octanol–water partition coefficient (Wildman–Crippen LogP) is 3.02. The van der Waals surface area contributed by atoms with Gasteiger partial charge in [-0.05, 0) is 40.2 Å². The van der Waals surface area contributed by atoms with Crippen LogP contribution < -0.4 is 11.1 Å². The zero-order chi connectivity index (χ0) is 17.9. The van der Waals surface area contributed by atoms with Crippen LogP contribution in [-0.2, 0) is 10.9 Å². The first-order chi connectivity index (χ1) is 11.2. The van der Waals surface area contributed by atoms with Gasteiger partial charge in [0.1, 0.15) is 6.17 Å². The third-order valence-electron chi connectivity index (χ3n) is 3.17. The van der Waals surface area contributed by atoms with E-state index in [0.717, 1.165) is 12.1 Å². The zero-order valence-electron chi connectivity index (χ0n) is 12.5. The van der Waals surface area contributed by atoms with Crippen molar-refractivity contribution in [3.05, 3.63) is 46.2 Å². The van der Waals surface area contributed by atoms with Crippen LogP contribution in [0.5, 0.6) is 0 Å². The number of rotatable bonds is 5. The minimum atomic E-state index is -4.38. The molecular formula is C14H14BrF3N4O2. The molecule has 2 aromatic rings. The largest absolute Gasteiger partial charge is 0.464 e. The number of carbonyl (C=O) groups excluding carboxylic acids is 1. The molecule has 0 aliphatic heterocycles. The molecule has 130 valence electrons. The van der Waals surface area contributed by atoms with Crippen LogP contribution in [-0.4, -0.2) is 29.4 Å². The number of hydrogen-bond donors (Lipinski definition) is 2. The van der Waals surface area contributed by atoms with Gasteiger partial charge in [-0.25, -0.2) is 9.48 Å². The highest BCUT2D eigenvalue weighted by molar-refractivity contribution is 9.10. The van der Waals surface area contributed by atoms with E-state index in [-0.39, 0.29) is 12.2 Å². The number of aromatic nitrogens is 2. The molecule has 24 heavy (non-hydrogen) atoms. The topological polar surface area (TPSA) is 82.2 Å². The first-order valence-corrected chi connectivity index (χ1v) is 7.51. The lowest BCUT2D eigenvalue weighted by Crippen LogP contribution is -2.30. The number of nitrogens with one attached hydrogen (secondary N) is 1. The SMILES string of the molecule is COC(=O)c1c(Br)cnn1[C@@H](N)CNc1ccc(C(F)(F)F)cc1. The Hall–Kier alpha value is -2.07. The summed E-state index contributed by atoms with van der Waals surface area (Å²) in [6.45, 7) is 0.142. The molecular weight excluding hydrogens is 393 g/mol. The molecule has 0 amide bonds. The molecule has 6 nitrogen and oxygen atoms in total. The van der Waals surface area contributed by atoms with Crippen LogP contribution in [0.1, 0.15) is 22.2 Å². The van der Waals surface area contributed by atoms with Gasteiger partial charge in [0.2, 0.25) is 0 Å². The molecule has 2 rings (SSSR count). The Morgan fingerprint density at radius 3 is 2.58 bits per heavy atom. The summed E-state index contributed by atoms with van der Waals surface area (Å²) in [5.41, 5.74) is 5.86. The van der Waals surface area contributed by atoms with Gasteiger partial charge in [0.25, 0.3) is 0 Å². The second-order valence-corrected chi connectivity index (χ2v) is 5.65. The summed E-state index contributed by atoms with van der Waals surface area (Å²) >= 11 is 3.18. The van der Waals surface area contributed by atoms with E-state index in [1.54, 1.807) is 0 Å². The molecule has 0 saturated carbocycles. The maximum atomic E-state index is 12.5. The molecule has 0 aliphatic rings. The van der Waals surface area contributed by atoms with Crippen molar-refractivity contribution in [1.82, 2.24) is 9.78 Å². The van der Waals surface area contributed by atoms with Gasteiger partial charge in [0, 0.05) is 5.69 Å². The Kier molecular flexibility index (Phi) is 5.50. The van der Waals surface area contributed by atoms with E-state index in [4.69, 9.17) is 5.73 Å². The summed E-state index contributed by atoms with van der Waals surface area (Å²) in [6.07, 6.45) is -3.71. The number of benzene rings is 1. The second-order valence-electron chi connectivity index (χ2n) is 4.80. The summed E-state index contributed by atoms with van der Waals surface area (Å²) in [7, 11) is 1.23. The number of carbonyl (C=O) groups is 1. The smallest absolute Gasteiger partial charge is 0.416 e. The summed E-state index contributed by atoms with van der Waals surface area (Å²) in [6, 6.07) is 4.54. The Morgan fingerprint density at radius 1 is 1.42 bits per heavy atom. The average Bonchev–Trinajstić information content (AvgIpc) is 2.93. The molecule has 3 N–H and O–H groups in total. The number of anilines is 1. The number of alkyl halides is 3. The standard InChI is InChI=1S/C14H14BrF3N4O2/c1-24-13(23)12-10(15)6-21-22(12)11(19)7-20-9-4-2-8(3-5-9)14(16,17)18/h2-6,11,20H,7,19H2,1H3/t11-/m1/s1. The third-order valence-corrected chi connectivity index (χ3v) is 3.75. The van der Waals surface area contributed by atoms with Crippen LogP contribution in [0.4, 0.5) is 18.9 Å². The van der Waals surface area contributed by atoms with Crippen molar-refractivity contribution in [1.29, 1.82) is 0 Å². The van der Waals surface area contributed by atoms with Crippen molar-refractivity contribution in [3.63, 3.8) is 0 Å². The lowest BCUT2D eigenvalue weighted by molar-refractivity contribution is -0.137. The monoisotopic (exact) mass is 406 g/mol. The molecule has 0 unspecified atom stereocenters. The van der Waals surface area contributed by atoms with Gasteiger partial charge in [-0.2, -0.15) is 18.3 Å². The van der Waals surface area contributed by atoms with Crippen molar-refractivity contribution in [3.8, 4) is 0 Å². The molecule has 1 atom stereocenters. The second kappa shape index (κ2) is 7.22. The van der Waals surface area contributed by atoms with Crippen LogP contribution in [0.25, 0.3) is 0 Å². The van der Waals surface area contributed by atoms with Gasteiger partial charge in [0.05, 0.1) is 29.9 Å². The fraction of sp³-hybridized carbons (Fsp3) is 0.286. The fourth-order valence-corrected chi connectivity index (χ4v) is 2.40. The minimum absolute atomic E-state index is 0.142. The van der Waals surface area contributed by atoms with Crippen LogP contribution in [0.2, 0.25) is 0 Å². The minimum Gasteiger partial charge on any atom is -0.464 e. The van der Waals surface area contributed by atoms with Gasteiger partial charge in [-0.1, -0.05) is 0 Å². The van der Waals surface area contributed by atoms with Crippen LogP contribution in [0, 0.1) is 0 Å². The van der Waals surface area contributed by atoms with Gasteiger partial charge >= 0.3 is 12.1 Å². The highest BCUT2D eigenvalue weighted by Crippen LogP contribution is 2.29. The normalized spacial score (nSPS) is 12.8. The summed E-state index contributed by atoms with van der Waals surface area (Å²) in [5.74, 6) is -0.607. The molecule has 1 aromatic carbocycles. The zero-order valence-corrected chi connectivity index (χ0v) is 14.1. The first kappa shape index (κ1) is 18.3. The molecule has 1 heterocycles. The van der Waals surface area contributed by atoms with E-state index in [2.05, 4.69) is 31.1 Å². The first-order valence-electron chi connectivity index (χ1n) is 6.72. The van der Waals surface area contributed by atoms with E-state index >= 15 is 0 Å². The van der Waals surface area contributed by atoms with Crippen LogP contribution >= 0.6 is 15.9 Å². The van der Waals surface area contributed by atoms with Crippen LogP contribution in [0.3, 0.4) is 0 Å². The molecule has 10 heteroatoms. The maximum Gasteiger partial charge on any atom is 0.416 e. The van der Waals surface area contributed by atoms with Crippen molar-refractivity contribution in [2.45, 2.75) is 12.3 Å². The number of ether oxygens (including phenoxy) is 1. The van der Waals surface area contributed by atoms with E-state index in [1.807, 2.05) is 0 Å². The van der Waals surface area contributed by atoms with Crippen molar-refractivity contribution < 1.29 is 22.7 Å². The highest BCUT2D eigenvalue weighted by atomic mass is 79.9. The number of esters is 1. The number of nitrogens with two attached hydrogens (primary N) is 1. The molecule has 0 aliphatic carbocycles. The van der Waals surface area contributed by atoms with E-state index in [9.17, 15) is 18.0 Å². The number of halogens is 4. The lowest BCUT2D eigenvalue weighted by Gasteiger charge is -2.17. The third kappa shape index (κ3) is 4.06. The van der Waals surface area contributed by atoms with Crippen molar-refractivity contribution >= 4 is 27.6 Å². The van der Waals surface area contributed by atoms with Gasteiger partial charge < -0.3 is 15.8 Å². The van der Waals surface area contributed by atoms with Gasteiger partial charge in [-0.3, -0.25) is 0 Å². The average molecular weight is 407 g/mol. The van der Waals surface area contributed by atoms with Crippen molar-refractivity contribution in [2.75, 3.05) is 19.0 Å². The van der Waals surface area contributed by atoms with E-state index in [1.165, 1.54) is 30.1 Å². The molecule has 1 aromatic heterocycles. The van der Waals surface area contributed by atoms with Crippen molar-refractivity contribution in [2.24, 2.45) is 5.73 Å². The Balaban J connectivity index is 2.06. The maximum absolute atomic E-state index is 12.5. The van der Waals surface area contributed by atoms with Gasteiger partial charge in [-0.15, -0.1) is 0 Å². The number of hydrogen-bond acceptors (Lipinski definition) is 5. The van der Waals surface area contributed by atoms with Gasteiger partial charge in [0.15, 0.2) is 5.69 Å². The number of nitrogens with zero attached hydrogens (tertiary/aromatic N) is 2. The highest BCUT2D eigenvalue weighted by Gasteiger charge is 2.30. The Bertz CT molecular complexity index is 716. The van der Waals surface area contributed by atoms with E-state index < -0.39 is 23.9 Å². The summed E-state index contributed by atoms with van der Waals surface area (Å²) < 4.78 is 43.9. The molecule has 0 radical (unpaired) electrons. The summed E-state index contributed by atoms with van der Waals surface area (Å²) in [4.78, 5) is 11.7. The summed E-state index contributed by atoms with van der Waals surface area (Å²) in [5, 5.41) is 6.89. The quantitative estimate of drug-likeness (QED) is 0.745. The van der Waals surface area contributed by atoms with Crippen LogP contribution in [0.15, 0.2) is 34.9 Å². The lowest BCUT2D eigenvalue weighted by atomic mass is 10.2. The Morgan fingerprint density at radius 2 is 2.04 bits per heavy atom. The fourth-order valence-electron chi connectivity index (χ4n) is 1.97.